The van der Waals surface area contributed by atoms with Crippen molar-refractivity contribution in [2.75, 3.05) is 11.5 Å². The fourth-order valence-corrected chi connectivity index (χ4v) is 5.34. The maximum absolute atomic E-state index is 10.4. The van der Waals surface area contributed by atoms with Crippen molar-refractivity contribution < 1.29 is 19.8 Å². The third-order valence-electron chi connectivity index (χ3n) is 3.51. The van der Waals surface area contributed by atoms with Gasteiger partial charge in [-0.15, -0.1) is 0 Å². The van der Waals surface area contributed by atoms with Crippen molar-refractivity contribution in [1.29, 1.82) is 0 Å². The molecule has 0 aromatic carbocycles. The van der Waals surface area contributed by atoms with Crippen LogP contribution >= 0.6 is 46.8 Å². The van der Waals surface area contributed by atoms with Gasteiger partial charge in [-0.25, -0.2) is 0 Å². The van der Waals surface area contributed by atoms with Crippen molar-refractivity contribution in [3.05, 3.63) is 0 Å². The van der Waals surface area contributed by atoms with Crippen LogP contribution < -0.4 is 0 Å². The summed E-state index contributed by atoms with van der Waals surface area (Å²) in [4.78, 5) is 20.8. The molecule has 0 fully saturated rings. The molecule has 0 saturated heterocycles. The highest BCUT2D eigenvalue weighted by molar-refractivity contribution is 8.76. The van der Waals surface area contributed by atoms with E-state index in [1.165, 1.54) is 0 Å². The smallest absolute Gasteiger partial charge is 0.303 e. The normalized spacial score (nSPS) is 12.1. The Bertz CT molecular complexity index is 312. The van der Waals surface area contributed by atoms with Crippen LogP contribution in [0.1, 0.15) is 86.5 Å². The Hall–Kier alpha value is 0.340. The van der Waals surface area contributed by atoms with Gasteiger partial charge in [0.15, 0.2) is 0 Å². The summed E-state index contributed by atoms with van der Waals surface area (Å²) in [6.07, 6.45) is 7.92. The van der Waals surface area contributed by atoms with Crippen LogP contribution in [-0.2, 0) is 9.59 Å². The molecule has 0 aromatic rings. The average molecular weight is 463 g/mol. The minimum atomic E-state index is -0.720. The summed E-state index contributed by atoms with van der Waals surface area (Å²) in [5.41, 5.74) is 0. The van der Waals surface area contributed by atoms with Gasteiger partial charge in [-0.1, -0.05) is 56.7 Å². The average Bonchev–Trinajstić information content (AvgIpc) is 2.51. The SMILES string of the molecule is C.C.C.O=C(O)CCCCC(S)CCSSCCC(S)CCCCC(=O)O. The molecule has 0 aliphatic heterocycles. The summed E-state index contributed by atoms with van der Waals surface area (Å²) in [5.74, 6) is 0.686. The second kappa shape index (κ2) is 24.4. The van der Waals surface area contributed by atoms with E-state index in [2.05, 4.69) is 25.3 Å². The number of unbranched alkanes of at least 4 members (excludes halogenated alkanes) is 2. The standard InChI is InChI=1S/C16H30O4S4.3CH4/c17-15(18)7-3-1-5-13(21)9-11-23-24-12-10-14(22)6-2-4-8-16(19)20;;;/h13-14,21-22H,1-12H2,(H,17,18)(H,19,20);3*1H4. The van der Waals surface area contributed by atoms with Gasteiger partial charge >= 0.3 is 11.9 Å². The molecule has 27 heavy (non-hydrogen) atoms. The number of hydrogen-bond acceptors (Lipinski definition) is 6. The summed E-state index contributed by atoms with van der Waals surface area (Å²) in [5, 5.41) is 17.9. The lowest BCUT2D eigenvalue weighted by atomic mass is 10.1. The minimum Gasteiger partial charge on any atom is -0.481 e. The topological polar surface area (TPSA) is 74.6 Å². The van der Waals surface area contributed by atoms with Crippen molar-refractivity contribution in [2.45, 2.75) is 97.0 Å². The molecule has 0 heterocycles. The molecule has 0 amide bonds. The Balaban J connectivity index is -0.000000882. The summed E-state index contributed by atoms with van der Waals surface area (Å²) >= 11 is 9.10. The van der Waals surface area contributed by atoms with E-state index in [1.54, 1.807) is 0 Å². The van der Waals surface area contributed by atoms with Gasteiger partial charge in [0.1, 0.15) is 0 Å². The Morgan fingerprint density at radius 2 is 1.00 bits per heavy atom. The van der Waals surface area contributed by atoms with E-state index < -0.39 is 11.9 Å². The first-order valence-corrected chi connectivity index (χ1v) is 12.0. The fraction of sp³-hybridized carbons (Fsp3) is 0.895. The molecule has 0 spiro atoms. The molecular formula is C19H42O4S4. The van der Waals surface area contributed by atoms with E-state index in [0.717, 1.165) is 62.9 Å². The molecule has 2 N–H and O–H groups in total. The molecule has 0 aromatic heterocycles. The van der Waals surface area contributed by atoms with Gasteiger partial charge < -0.3 is 10.2 Å². The highest BCUT2D eigenvalue weighted by Gasteiger charge is 2.06. The van der Waals surface area contributed by atoms with E-state index in [9.17, 15) is 9.59 Å². The van der Waals surface area contributed by atoms with Gasteiger partial charge in [0.05, 0.1) is 0 Å². The van der Waals surface area contributed by atoms with Gasteiger partial charge in [-0.05, 0) is 38.5 Å². The molecule has 0 rings (SSSR count). The number of aliphatic carboxylic acids is 2. The molecule has 166 valence electrons. The lowest BCUT2D eigenvalue weighted by Gasteiger charge is -2.11. The molecule has 0 radical (unpaired) electrons. The van der Waals surface area contributed by atoms with E-state index in [4.69, 9.17) is 10.2 Å². The van der Waals surface area contributed by atoms with E-state index >= 15 is 0 Å². The van der Waals surface area contributed by atoms with Crippen LogP contribution in [0.5, 0.6) is 0 Å². The summed E-state index contributed by atoms with van der Waals surface area (Å²) in [6, 6.07) is 0. The minimum absolute atomic E-state index is 0. The van der Waals surface area contributed by atoms with Crippen molar-refractivity contribution in [3.63, 3.8) is 0 Å². The zero-order valence-corrected chi connectivity index (χ0v) is 17.5. The fourth-order valence-electron chi connectivity index (χ4n) is 2.09. The first kappa shape index (κ1) is 34.8. The Morgan fingerprint density at radius 1 is 0.667 bits per heavy atom. The van der Waals surface area contributed by atoms with Gasteiger partial charge in [0.2, 0.25) is 0 Å². The second-order valence-electron chi connectivity index (χ2n) is 5.81. The largest absolute Gasteiger partial charge is 0.481 e. The Morgan fingerprint density at radius 3 is 1.30 bits per heavy atom. The Kier molecular flexibility index (Phi) is 31.4. The molecule has 4 nitrogen and oxygen atoms in total. The summed E-state index contributed by atoms with van der Waals surface area (Å²) in [6.45, 7) is 0. The highest BCUT2D eigenvalue weighted by Crippen LogP contribution is 2.27. The van der Waals surface area contributed by atoms with Crippen molar-refractivity contribution in [3.8, 4) is 0 Å². The number of rotatable bonds is 17. The highest BCUT2D eigenvalue weighted by atomic mass is 33.1. The molecule has 8 heteroatoms. The molecule has 0 aliphatic rings. The van der Waals surface area contributed by atoms with E-state index in [1.807, 2.05) is 21.6 Å². The van der Waals surface area contributed by atoms with Crippen LogP contribution in [0, 0.1) is 0 Å². The predicted octanol–water partition coefficient (Wildman–Crippen LogP) is 6.94. The zero-order valence-electron chi connectivity index (χ0n) is 14.1. The molecule has 2 atom stereocenters. The number of thiol groups is 2. The van der Waals surface area contributed by atoms with Crippen LogP contribution in [0.2, 0.25) is 0 Å². The number of carboxylic acid groups (broad SMARTS) is 2. The maximum Gasteiger partial charge on any atom is 0.303 e. The third-order valence-corrected chi connectivity index (χ3v) is 7.01. The maximum atomic E-state index is 10.4. The third kappa shape index (κ3) is 28.6. The molecule has 0 saturated carbocycles. The number of carbonyl (C=O) groups is 2. The molecule has 0 aliphatic carbocycles. The van der Waals surface area contributed by atoms with Gasteiger partial charge in [0.25, 0.3) is 0 Å². The van der Waals surface area contributed by atoms with Crippen LogP contribution in [0.3, 0.4) is 0 Å². The Labute approximate surface area is 186 Å². The summed E-state index contributed by atoms with van der Waals surface area (Å²) in [7, 11) is 3.72. The van der Waals surface area contributed by atoms with Crippen molar-refractivity contribution in [1.82, 2.24) is 0 Å². The van der Waals surface area contributed by atoms with Crippen LogP contribution in [-0.4, -0.2) is 44.2 Å². The first-order valence-electron chi connectivity index (χ1n) is 8.46. The van der Waals surface area contributed by atoms with Crippen LogP contribution in [0.4, 0.5) is 0 Å². The predicted molar refractivity (Wildman–Crippen MR) is 132 cm³/mol. The van der Waals surface area contributed by atoms with E-state index in [0.29, 0.717) is 10.5 Å². The van der Waals surface area contributed by atoms with Gasteiger partial charge in [0, 0.05) is 34.8 Å². The van der Waals surface area contributed by atoms with Crippen LogP contribution in [0.15, 0.2) is 0 Å². The lowest BCUT2D eigenvalue weighted by Crippen LogP contribution is -2.02. The zero-order chi connectivity index (χ0) is 18.2. The monoisotopic (exact) mass is 462 g/mol. The van der Waals surface area contributed by atoms with Crippen molar-refractivity contribution in [2.24, 2.45) is 0 Å². The van der Waals surface area contributed by atoms with Crippen LogP contribution in [0.25, 0.3) is 0 Å². The van der Waals surface area contributed by atoms with Gasteiger partial charge in [-0.3, -0.25) is 9.59 Å². The second-order valence-corrected chi connectivity index (χ2v) is 9.97. The molecule has 2 unspecified atom stereocenters. The number of carboxylic acids is 2. The lowest BCUT2D eigenvalue weighted by molar-refractivity contribution is -0.138. The van der Waals surface area contributed by atoms with E-state index in [-0.39, 0.29) is 35.1 Å². The quantitative estimate of drug-likeness (QED) is 0.106. The number of hydrogen-bond donors (Lipinski definition) is 4. The summed E-state index contributed by atoms with van der Waals surface area (Å²) < 4.78 is 0. The molecular weight excluding hydrogens is 420 g/mol. The first-order chi connectivity index (χ1) is 11.4. The van der Waals surface area contributed by atoms with Gasteiger partial charge in [-0.2, -0.15) is 25.3 Å². The molecule has 0 bridgehead atoms. The van der Waals surface area contributed by atoms with Crippen molar-refractivity contribution >= 4 is 58.8 Å².